The van der Waals surface area contributed by atoms with E-state index < -0.39 is 0 Å². The lowest BCUT2D eigenvalue weighted by molar-refractivity contribution is -0.104. The van der Waals surface area contributed by atoms with E-state index in [-0.39, 0.29) is 18.3 Å². The molecule has 0 atom stereocenters. The topological polar surface area (TPSA) is 117 Å². The van der Waals surface area contributed by atoms with Crippen LogP contribution in [0.5, 0.6) is 0 Å². The number of hydrogen-bond acceptors (Lipinski definition) is 7. The average molecular weight is 747 g/mol. The number of aromatic amines is 1. The zero-order valence-corrected chi connectivity index (χ0v) is 30.9. The third kappa shape index (κ3) is 9.74. The number of aldehydes is 1. The lowest BCUT2D eigenvalue weighted by atomic mass is 10.0. The number of halogens is 3. The van der Waals surface area contributed by atoms with Crippen LogP contribution in [0.1, 0.15) is 40.3 Å². The molecule has 4 heterocycles. The molecule has 3 aromatic carbocycles. The molecule has 0 radical (unpaired) electrons. The zero-order valence-electron chi connectivity index (χ0n) is 29.4. The first-order valence-electron chi connectivity index (χ1n) is 16.9. The number of aromatic nitrogens is 4. The van der Waals surface area contributed by atoms with E-state index in [9.17, 15) is 14.0 Å². The molecular weight excluding hydrogens is 704 g/mol. The minimum atomic E-state index is -0.370. The van der Waals surface area contributed by atoms with Gasteiger partial charge in [-0.15, -0.1) is 11.6 Å². The Morgan fingerprint density at radius 3 is 2.56 bits per heavy atom. The van der Waals surface area contributed by atoms with Crippen LogP contribution in [-0.4, -0.2) is 69.5 Å². The van der Waals surface area contributed by atoms with Crippen molar-refractivity contribution in [3.63, 3.8) is 0 Å². The molecule has 2 aromatic heterocycles. The smallest absolute Gasteiger partial charge is 0.255 e. The molecule has 3 N–H and O–H groups in total. The van der Waals surface area contributed by atoms with Crippen molar-refractivity contribution in [2.45, 2.75) is 32.9 Å². The molecule has 0 unspecified atom stereocenters. The Bertz CT molecular complexity index is 2110. The second-order valence-corrected chi connectivity index (χ2v) is 12.6. The van der Waals surface area contributed by atoms with Gasteiger partial charge in [-0.05, 0) is 86.0 Å². The van der Waals surface area contributed by atoms with Crippen LogP contribution in [0.4, 0.5) is 10.1 Å². The number of aryl methyl sites for hydroxylation is 2. The number of anilines is 1. The second-order valence-electron chi connectivity index (χ2n) is 12.2. The fourth-order valence-electron chi connectivity index (χ4n) is 5.73. The van der Waals surface area contributed by atoms with E-state index in [2.05, 4.69) is 48.0 Å². The first-order chi connectivity index (χ1) is 25.3. The molecule has 10 nitrogen and oxygen atoms in total. The van der Waals surface area contributed by atoms with Crippen molar-refractivity contribution in [2.75, 3.05) is 38.0 Å². The monoisotopic (exact) mass is 745 g/mol. The molecule has 1 fully saturated rings. The summed E-state index contributed by atoms with van der Waals surface area (Å²) in [6.45, 7) is 6.35. The summed E-state index contributed by atoms with van der Waals surface area (Å²) in [5.41, 5.74) is 7.17. The molecule has 272 valence electrons. The molecule has 0 bridgehead atoms. The summed E-state index contributed by atoms with van der Waals surface area (Å²) in [5.74, 6) is 0.347. The van der Waals surface area contributed by atoms with E-state index in [1.165, 1.54) is 24.9 Å². The van der Waals surface area contributed by atoms with Crippen molar-refractivity contribution in [3.8, 4) is 0 Å². The number of carbonyl (C=O) groups excluding carboxylic acids is 2. The lowest BCUT2D eigenvalue weighted by Gasteiger charge is -2.27. The van der Waals surface area contributed by atoms with Crippen molar-refractivity contribution < 1.29 is 18.7 Å². The molecule has 2 aliphatic rings. The Balaban J connectivity index is 0.000000803. The average Bonchev–Trinajstić information content (AvgIpc) is 3.65. The quantitative estimate of drug-likeness (QED) is 0.0583. The summed E-state index contributed by atoms with van der Waals surface area (Å²) in [6, 6.07) is 15.8. The van der Waals surface area contributed by atoms with E-state index in [0.717, 1.165) is 77.2 Å². The highest BCUT2D eigenvalue weighted by Gasteiger charge is 2.18. The van der Waals surface area contributed by atoms with Crippen LogP contribution in [-0.2, 0) is 29.7 Å². The molecular formula is C39H42Cl2FN7O3. The number of alkyl halides is 1. The number of carbonyl (C=O) groups is 2. The van der Waals surface area contributed by atoms with E-state index in [0.29, 0.717) is 34.9 Å². The van der Waals surface area contributed by atoms with Crippen LogP contribution in [0, 0.1) is 12.7 Å². The van der Waals surface area contributed by atoms with Crippen LogP contribution in [0.25, 0.3) is 21.9 Å². The maximum Gasteiger partial charge on any atom is 0.255 e. The predicted octanol–water partition coefficient (Wildman–Crippen LogP) is 7.63. The minimum Gasteiger partial charge on any atom is -0.381 e. The third-order valence-corrected chi connectivity index (χ3v) is 8.99. The number of allylic oxidation sites excluding steroid dienone is 4. The number of imidazole rings is 1. The van der Waals surface area contributed by atoms with E-state index >= 15 is 0 Å². The van der Waals surface area contributed by atoms with E-state index in [4.69, 9.17) is 21.3 Å². The molecule has 2 aliphatic heterocycles. The van der Waals surface area contributed by atoms with Gasteiger partial charge in [0.15, 0.2) is 0 Å². The summed E-state index contributed by atoms with van der Waals surface area (Å²) < 4.78 is 21.2. The van der Waals surface area contributed by atoms with Gasteiger partial charge in [0.1, 0.15) is 17.9 Å². The van der Waals surface area contributed by atoms with Crippen molar-refractivity contribution in [1.82, 2.24) is 30.0 Å². The summed E-state index contributed by atoms with van der Waals surface area (Å²) in [5, 5.41) is 14.8. The van der Waals surface area contributed by atoms with Crippen LogP contribution in [0.15, 0.2) is 90.2 Å². The number of benzene rings is 3. The highest BCUT2D eigenvalue weighted by atomic mass is 35.5. The maximum atomic E-state index is 14.4. The fourth-order valence-corrected chi connectivity index (χ4v) is 5.89. The molecule has 7 rings (SSSR count). The number of amides is 1. The van der Waals surface area contributed by atoms with Crippen molar-refractivity contribution in [3.05, 3.63) is 124 Å². The largest absolute Gasteiger partial charge is 0.381 e. The van der Waals surface area contributed by atoms with E-state index in [1.54, 1.807) is 24.3 Å². The van der Waals surface area contributed by atoms with Gasteiger partial charge in [0.2, 0.25) is 0 Å². The standard InChI is InChI=1S/C35H33ClFN7O2.C3H6O.CH3Cl/c1-22-28-17-24(7-10-31(28)42-41-22)35(46)39-27-9-11-33-32(19-27)40-34(43(33)2)21-44-14-12-23(13-15-44)30(5-3-4-16-45)38-20-25-6-8-26(36)18-29(25)37;1-2-4-3-1;1-2/h3-12,16-19,38H,13-15,20-21H2,1-2H3,(H,39,46)(H,41,42);1-3H2;1H3/b4-3-,30-5-;;. The van der Waals surface area contributed by atoms with Crippen LogP contribution < -0.4 is 10.6 Å². The highest BCUT2D eigenvalue weighted by Crippen LogP contribution is 2.25. The molecule has 1 saturated heterocycles. The Morgan fingerprint density at radius 2 is 1.87 bits per heavy atom. The molecule has 52 heavy (non-hydrogen) atoms. The first kappa shape index (κ1) is 38.4. The Labute approximate surface area is 312 Å². The van der Waals surface area contributed by atoms with Gasteiger partial charge in [0.05, 0.1) is 23.1 Å². The number of H-pyrrole nitrogens is 1. The normalized spacial score (nSPS) is 14.6. The Kier molecular flexibility index (Phi) is 13.8. The molecule has 1 amide bonds. The number of nitrogens with zero attached hydrogens (tertiary/aromatic N) is 4. The van der Waals surface area contributed by atoms with Crippen molar-refractivity contribution >= 4 is 63.0 Å². The molecule has 0 saturated carbocycles. The van der Waals surface area contributed by atoms with Crippen molar-refractivity contribution in [2.24, 2.45) is 7.05 Å². The number of ether oxygens (including phenoxy) is 1. The molecule has 0 aliphatic carbocycles. The Hall–Kier alpha value is -4.81. The maximum absolute atomic E-state index is 14.4. The van der Waals surface area contributed by atoms with Gasteiger partial charge in [0, 0.05) is 84.9 Å². The van der Waals surface area contributed by atoms with Gasteiger partial charge in [-0.25, -0.2) is 9.37 Å². The first-order valence-corrected chi connectivity index (χ1v) is 18.0. The fraction of sp³-hybridized carbons (Fsp3) is 0.282. The van der Waals surface area contributed by atoms with Gasteiger partial charge in [-0.3, -0.25) is 19.6 Å². The van der Waals surface area contributed by atoms with Gasteiger partial charge in [-0.2, -0.15) is 5.10 Å². The van der Waals surface area contributed by atoms with Gasteiger partial charge >= 0.3 is 0 Å². The summed E-state index contributed by atoms with van der Waals surface area (Å²) in [6.07, 6.45) is 11.3. The Morgan fingerprint density at radius 1 is 1.08 bits per heavy atom. The van der Waals surface area contributed by atoms with Crippen LogP contribution in [0.2, 0.25) is 5.02 Å². The predicted molar refractivity (Wildman–Crippen MR) is 206 cm³/mol. The van der Waals surface area contributed by atoms with Gasteiger partial charge < -0.3 is 19.9 Å². The molecule has 13 heteroatoms. The third-order valence-electron chi connectivity index (χ3n) is 8.76. The highest BCUT2D eigenvalue weighted by molar-refractivity contribution is 6.30. The zero-order chi connectivity index (χ0) is 37.0. The summed E-state index contributed by atoms with van der Waals surface area (Å²) in [4.78, 5) is 31.1. The van der Waals surface area contributed by atoms with E-state index in [1.807, 2.05) is 50.4 Å². The molecule has 5 aromatic rings. The number of hydrogen-bond donors (Lipinski definition) is 3. The number of nitrogens with one attached hydrogen (secondary N) is 3. The van der Waals surface area contributed by atoms with Gasteiger partial charge in [0.25, 0.3) is 5.91 Å². The number of rotatable bonds is 10. The van der Waals surface area contributed by atoms with Crippen LogP contribution >= 0.6 is 23.2 Å². The SMILES string of the molecule is C1COC1.CCl.Cc1[nH]nc2ccc(C(=O)Nc3ccc4c(c3)nc(CN3CC=C(/C(=C/C=C\C=O)NCc5ccc(Cl)cc5F)CC3)n4C)cc12. The molecule has 0 spiro atoms. The second kappa shape index (κ2) is 18.6. The minimum absolute atomic E-state index is 0.197. The van der Waals surface area contributed by atoms with Crippen molar-refractivity contribution in [1.29, 1.82) is 0 Å². The summed E-state index contributed by atoms with van der Waals surface area (Å²) >= 11 is 10.5. The van der Waals surface area contributed by atoms with Gasteiger partial charge in [-0.1, -0.05) is 29.8 Å². The number of fused-ring (bicyclic) bond motifs is 2. The lowest BCUT2D eigenvalue weighted by Crippen LogP contribution is -2.31. The van der Waals surface area contributed by atoms with Crippen LogP contribution in [0.3, 0.4) is 0 Å². The summed E-state index contributed by atoms with van der Waals surface area (Å²) in [7, 11) is 2.00.